The van der Waals surface area contributed by atoms with Crippen molar-refractivity contribution in [3.63, 3.8) is 0 Å². The molecule has 1 N–H and O–H groups in total. The molecule has 0 aliphatic rings. The first-order chi connectivity index (χ1) is 12.7. The van der Waals surface area contributed by atoms with Crippen molar-refractivity contribution in [3.8, 4) is 0 Å². The number of nitrogens with zero attached hydrogens (tertiary/aromatic N) is 1. The van der Waals surface area contributed by atoms with Crippen LogP contribution >= 0.6 is 0 Å². The van der Waals surface area contributed by atoms with Gasteiger partial charge < -0.3 is 9.94 Å². The highest BCUT2D eigenvalue weighted by molar-refractivity contribution is 5.99. The Morgan fingerprint density at radius 1 is 0.808 bits per heavy atom. The monoisotopic (exact) mass is 345 g/mol. The Kier molecular flexibility index (Phi) is 5.44. The van der Waals surface area contributed by atoms with E-state index in [0.717, 1.165) is 16.7 Å². The highest BCUT2D eigenvalue weighted by Crippen LogP contribution is 2.27. The van der Waals surface area contributed by atoms with Gasteiger partial charge in [-0.3, -0.25) is 0 Å². The van der Waals surface area contributed by atoms with Gasteiger partial charge >= 0.3 is 5.97 Å². The van der Waals surface area contributed by atoms with Crippen molar-refractivity contribution < 1.29 is 14.7 Å². The summed E-state index contributed by atoms with van der Waals surface area (Å²) in [5.74, 6) is -0.409. The van der Waals surface area contributed by atoms with Crippen LogP contribution < -0.4 is 0 Å². The average Bonchev–Trinajstić information content (AvgIpc) is 2.72. The van der Waals surface area contributed by atoms with E-state index in [0.29, 0.717) is 11.3 Å². The highest BCUT2D eigenvalue weighted by atomic mass is 16.5. The van der Waals surface area contributed by atoms with Crippen LogP contribution in [-0.4, -0.2) is 16.9 Å². The molecule has 0 bridgehead atoms. The van der Waals surface area contributed by atoms with E-state index in [2.05, 4.69) is 5.16 Å². The van der Waals surface area contributed by atoms with E-state index in [4.69, 9.17) is 9.94 Å². The third kappa shape index (κ3) is 3.98. The predicted octanol–water partition coefficient (Wildman–Crippen LogP) is 4.83. The molecule has 0 atom stereocenters. The van der Waals surface area contributed by atoms with Crippen molar-refractivity contribution in [1.82, 2.24) is 0 Å². The van der Waals surface area contributed by atoms with E-state index >= 15 is 0 Å². The van der Waals surface area contributed by atoms with Gasteiger partial charge in [-0.2, -0.15) is 0 Å². The van der Waals surface area contributed by atoms with E-state index in [1.807, 2.05) is 60.7 Å². The van der Waals surface area contributed by atoms with Crippen LogP contribution in [0.15, 0.2) is 90.1 Å². The molecule has 4 heteroatoms. The lowest BCUT2D eigenvalue weighted by Gasteiger charge is -2.19. The maximum absolute atomic E-state index is 12.7. The lowest BCUT2D eigenvalue weighted by atomic mass is 10.0. The van der Waals surface area contributed by atoms with E-state index in [1.165, 1.54) is 0 Å². The Balaban J connectivity index is 1.86. The molecular weight excluding hydrogens is 326 g/mol. The van der Waals surface area contributed by atoms with E-state index in [-0.39, 0.29) is 0 Å². The molecule has 3 aromatic rings. The summed E-state index contributed by atoms with van der Waals surface area (Å²) in [4.78, 5) is 12.7. The number of carbonyl (C=O) groups is 1. The van der Waals surface area contributed by atoms with E-state index in [1.54, 1.807) is 31.2 Å². The van der Waals surface area contributed by atoms with Gasteiger partial charge in [0.05, 0.1) is 11.3 Å². The second-order valence-electron chi connectivity index (χ2n) is 5.87. The van der Waals surface area contributed by atoms with Crippen molar-refractivity contribution in [2.75, 3.05) is 0 Å². The summed E-state index contributed by atoms with van der Waals surface area (Å²) in [6.07, 6.45) is -0.481. The Morgan fingerprint density at radius 2 is 1.27 bits per heavy atom. The molecule has 0 saturated heterocycles. The van der Waals surface area contributed by atoms with Crippen molar-refractivity contribution in [2.24, 2.45) is 5.16 Å². The largest absolute Gasteiger partial charge is 0.449 e. The minimum Gasteiger partial charge on any atom is -0.449 e. The van der Waals surface area contributed by atoms with Crippen LogP contribution in [0.2, 0.25) is 0 Å². The molecule has 0 aromatic heterocycles. The Labute approximate surface area is 152 Å². The number of rotatable bonds is 5. The fourth-order valence-corrected chi connectivity index (χ4v) is 2.66. The minimum atomic E-state index is -0.481. The van der Waals surface area contributed by atoms with Gasteiger partial charge in [0.15, 0.2) is 6.10 Å². The first-order valence-corrected chi connectivity index (χ1v) is 8.29. The van der Waals surface area contributed by atoms with Crippen molar-refractivity contribution >= 4 is 11.7 Å². The molecule has 4 nitrogen and oxygen atoms in total. The molecule has 0 aliphatic carbocycles. The standard InChI is InChI=1S/C22H19NO3/c1-16(23-25)17-12-14-20(15-13-17)22(24)26-21(18-8-4-2-5-9-18)19-10-6-3-7-11-19/h2-15,21,25H,1H3/b23-16+. The lowest BCUT2D eigenvalue weighted by Crippen LogP contribution is -2.13. The molecule has 0 saturated carbocycles. The van der Waals surface area contributed by atoms with Gasteiger partial charge in [0.25, 0.3) is 0 Å². The molecular formula is C22H19NO3. The third-order valence-electron chi connectivity index (χ3n) is 4.12. The summed E-state index contributed by atoms with van der Waals surface area (Å²) < 4.78 is 5.82. The number of esters is 1. The van der Waals surface area contributed by atoms with Gasteiger partial charge in [-0.1, -0.05) is 78.0 Å². The predicted molar refractivity (Wildman–Crippen MR) is 101 cm³/mol. The van der Waals surface area contributed by atoms with Gasteiger partial charge in [0.2, 0.25) is 0 Å². The van der Waals surface area contributed by atoms with Gasteiger partial charge in [-0.25, -0.2) is 4.79 Å². The molecule has 0 aliphatic heterocycles. The molecule has 0 amide bonds. The minimum absolute atomic E-state index is 0.409. The Morgan fingerprint density at radius 3 is 1.73 bits per heavy atom. The molecule has 0 radical (unpaired) electrons. The maximum Gasteiger partial charge on any atom is 0.339 e. The van der Waals surface area contributed by atoms with Crippen LogP contribution in [0, 0.1) is 0 Å². The zero-order valence-corrected chi connectivity index (χ0v) is 14.4. The van der Waals surface area contributed by atoms with Gasteiger partial charge in [0.1, 0.15) is 0 Å². The Hall–Kier alpha value is -3.40. The normalized spacial score (nSPS) is 11.4. The van der Waals surface area contributed by atoms with Crippen LogP contribution in [0.25, 0.3) is 0 Å². The van der Waals surface area contributed by atoms with Crippen molar-refractivity contribution in [3.05, 3.63) is 107 Å². The van der Waals surface area contributed by atoms with E-state index in [9.17, 15) is 4.79 Å². The number of carbonyl (C=O) groups excluding carboxylic acids is 1. The van der Waals surface area contributed by atoms with Crippen LogP contribution in [0.4, 0.5) is 0 Å². The van der Waals surface area contributed by atoms with Crippen LogP contribution in [-0.2, 0) is 4.74 Å². The first-order valence-electron chi connectivity index (χ1n) is 8.29. The highest BCUT2D eigenvalue weighted by Gasteiger charge is 2.20. The summed E-state index contributed by atoms with van der Waals surface area (Å²) in [5.41, 5.74) is 3.48. The molecule has 3 rings (SSSR count). The van der Waals surface area contributed by atoms with Crippen molar-refractivity contribution in [2.45, 2.75) is 13.0 Å². The zero-order chi connectivity index (χ0) is 18.4. The number of oxime groups is 1. The van der Waals surface area contributed by atoms with Gasteiger partial charge in [-0.05, 0) is 35.7 Å². The lowest BCUT2D eigenvalue weighted by molar-refractivity contribution is 0.0378. The molecule has 26 heavy (non-hydrogen) atoms. The SMILES string of the molecule is C/C(=N\O)c1ccc(C(=O)OC(c2ccccc2)c2ccccc2)cc1. The van der Waals surface area contributed by atoms with Crippen LogP contribution in [0.5, 0.6) is 0 Å². The summed E-state index contributed by atoms with van der Waals surface area (Å²) in [6, 6.07) is 26.1. The van der Waals surface area contributed by atoms with E-state index < -0.39 is 12.1 Å². The molecule has 0 heterocycles. The summed E-state index contributed by atoms with van der Waals surface area (Å²) in [7, 11) is 0. The summed E-state index contributed by atoms with van der Waals surface area (Å²) in [5, 5.41) is 12.0. The number of ether oxygens (including phenoxy) is 1. The fourth-order valence-electron chi connectivity index (χ4n) is 2.66. The fraction of sp³-hybridized carbons (Fsp3) is 0.0909. The molecule has 0 fully saturated rings. The average molecular weight is 345 g/mol. The molecule has 0 spiro atoms. The second-order valence-corrected chi connectivity index (χ2v) is 5.87. The third-order valence-corrected chi connectivity index (χ3v) is 4.12. The number of hydrogen-bond acceptors (Lipinski definition) is 4. The quantitative estimate of drug-likeness (QED) is 0.312. The Bertz CT molecular complexity index is 848. The van der Waals surface area contributed by atoms with Crippen LogP contribution in [0.1, 0.15) is 40.1 Å². The first kappa shape index (κ1) is 17.4. The smallest absolute Gasteiger partial charge is 0.339 e. The van der Waals surface area contributed by atoms with Gasteiger partial charge in [0, 0.05) is 0 Å². The zero-order valence-electron chi connectivity index (χ0n) is 14.4. The second kappa shape index (κ2) is 8.12. The molecule has 130 valence electrons. The van der Waals surface area contributed by atoms with Gasteiger partial charge in [-0.15, -0.1) is 0 Å². The summed E-state index contributed by atoms with van der Waals surface area (Å²) in [6.45, 7) is 1.69. The molecule has 3 aromatic carbocycles. The number of benzene rings is 3. The maximum atomic E-state index is 12.7. The number of hydrogen-bond donors (Lipinski definition) is 1. The van der Waals surface area contributed by atoms with Crippen LogP contribution in [0.3, 0.4) is 0 Å². The topological polar surface area (TPSA) is 58.9 Å². The molecule has 0 unspecified atom stereocenters. The van der Waals surface area contributed by atoms with Crippen molar-refractivity contribution in [1.29, 1.82) is 0 Å². The summed E-state index contributed by atoms with van der Waals surface area (Å²) >= 11 is 0.